The number of carbonyl (C=O) groups excluding carboxylic acids is 1. The number of ether oxygens (including phenoxy) is 2. The molecule has 1 amide bonds. The molecule has 0 bridgehead atoms. The summed E-state index contributed by atoms with van der Waals surface area (Å²) in [5.74, 6) is -0.0481. The van der Waals surface area contributed by atoms with E-state index in [1.54, 1.807) is 7.11 Å². The summed E-state index contributed by atoms with van der Waals surface area (Å²) in [5.41, 5.74) is 2.81. The lowest BCUT2D eigenvalue weighted by Crippen LogP contribution is -2.40. The molecule has 1 saturated heterocycles. The Morgan fingerprint density at radius 3 is 2.47 bits per heavy atom. The van der Waals surface area contributed by atoms with Crippen LogP contribution in [-0.4, -0.2) is 63.0 Å². The van der Waals surface area contributed by atoms with E-state index < -0.39 is 0 Å². The van der Waals surface area contributed by atoms with Crippen LogP contribution in [0.5, 0.6) is 0 Å². The van der Waals surface area contributed by atoms with Crippen LogP contribution in [0, 0.1) is 0 Å². The second kappa shape index (κ2) is 10.9. The highest BCUT2D eigenvalue weighted by atomic mass is 16.7. The average Bonchev–Trinajstić information content (AvgIpc) is 3.24. The van der Waals surface area contributed by atoms with E-state index in [1.807, 2.05) is 45.0 Å². The van der Waals surface area contributed by atoms with Gasteiger partial charge in [0.25, 0.3) is 5.91 Å². The van der Waals surface area contributed by atoms with E-state index in [0.29, 0.717) is 12.4 Å². The van der Waals surface area contributed by atoms with Crippen LogP contribution in [0.1, 0.15) is 49.2 Å². The van der Waals surface area contributed by atoms with Gasteiger partial charge in [-0.05, 0) is 57.0 Å². The molecule has 2 aromatic carbocycles. The molecule has 0 spiro atoms. The number of methoxy groups -OCH3 is 1. The Balaban J connectivity index is 1.70. The summed E-state index contributed by atoms with van der Waals surface area (Å²) >= 11 is 0. The number of carbonyl (C=O) groups is 1. The van der Waals surface area contributed by atoms with Crippen molar-refractivity contribution in [2.45, 2.75) is 44.9 Å². The van der Waals surface area contributed by atoms with E-state index in [2.05, 4.69) is 52.5 Å². The first-order valence-electron chi connectivity index (χ1n) is 11.3. The highest BCUT2D eigenvalue weighted by molar-refractivity contribution is 5.94. The molecule has 3 rings (SSSR count). The quantitative estimate of drug-likeness (QED) is 0.597. The van der Waals surface area contributed by atoms with Gasteiger partial charge < -0.3 is 19.7 Å². The summed E-state index contributed by atoms with van der Waals surface area (Å²) in [6.07, 6.45) is 1.21. The Morgan fingerprint density at radius 1 is 1.16 bits per heavy atom. The number of hydrogen-bond donors (Lipinski definition) is 1. The molecule has 1 heterocycles. The molecule has 0 aliphatic carbocycles. The number of rotatable bonds is 9. The fraction of sp³-hybridized carbons (Fsp3) is 0.500. The molecule has 6 nitrogen and oxygen atoms in total. The number of likely N-dealkylation sites (N-methyl/N-ethyl adjacent to an activating group) is 1. The largest absolute Gasteiger partial charge is 0.373 e. The maximum atomic E-state index is 12.4. The van der Waals surface area contributed by atoms with Crippen LogP contribution >= 0.6 is 0 Å². The minimum Gasteiger partial charge on any atom is -0.373 e. The number of amides is 1. The third kappa shape index (κ3) is 6.79. The molecular weight excluding hydrogens is 402 g/mol. The first kappa shape index (κ1) is 24.2. The summed E-state index contributed by atoms with van der Waals surface area (Å²) in [6, 6.07) is 18.7. The predicted octanol–water partition coefficient (Wildman–Crippen LogP) is 4.09. The van der Waals surface area contributed by atoms with Crippen LogP contribution in [0.3, 0.4) is 0 Å². The van der Waals surface area contributed by atoms with Crippen molar-refractivity contribution >= 4 is 11.6 Å². The molecular formula is C26H37N3O3. The zero-order valence-electron chi connectivity index (χ0n) is 20.0. The van der Waals surface area contributed by atoms with Gasteiger partial charge in [-0.3, -0.25) is 9.69 Å². The van der Waals surface area contributed by atoms with Gasteiger partial charge in [-0.2, -0.15) is 0 Å². The third-order valence-corrected chi connectivity index (χ3v) is 5.73. The molecule has 1 fully saturated rings. The lowest BCUT2D eigenvalue weighted by Gasteiger charge is -2.33. The molecule has 6 heteroatoms. The van der Waals surface area contributed by atoms with Crippen LogP contribution in [-0.2, 0) is 9.47 Å². The summed E-state index contributed by atoms with van der Waals surface area (Å²) in [5, 5.41) is 3.01. The topological polar surface area (TPSA) is 54.0 Å². The lowest BCUT2D eigenvalue weighted by molar-refractivity contribution is -0.0679. The van der Waals surface area contributed by atoms with Gasteiger partial charge in [-0.1, -0.05) is 30.3 Å². The Labute approximate surface area is 192 Å². The summed E-state index contributed by atoms with van der Waals surface area (Å²) in [7, 11) is 3.77. The van der Waals surface area contributed by atoms with E-state index in [9.17, 15) is 4.79 Å². The normalized spacial score (nSPS) is 17.8. The number of hydrogen-bond acceptors (Lipinski definition) is 5. The van der Waals surface area contributed by atoms with Crippen molar-refractivity contribution in [1.29, 1.82) is 0 Å². The van der Waals surface area contributed by atoms with Gasteiger partial charge in [0, 0.05) is 50.6 Å². The van der Waals surface area contributed by atoms with Crippen molar-refractivity contribution in [3.05, 3.63) is 65.7 Å². The Hall–Kier alpha value is -2.41. The maximum absolute atomic E-state index is 12.4. The molecule has 1 aliphatic rings. The Bertz CT molecular complexity index is 849. The summed E-state index contributed by atoms with van der Waals surface area (Å²) < 4.78 is 10.9. The molecule has 0 unspecified atom stereocenters. The van der Waals surface area contributed by atoms with Gasteiger partial charge in [0.1, 0.15) is 6.79 Å². The van der Waals surface area contributed by atoms with Crippen molar-refractivity contribution in [3.63, 3.8) is 0 Å². The molecule has 174 valence electrons. The van der Waals surface area contributed by atoms with E-state index in [1.165, 1.54) is 5.56 Å². The Morgan fingerprint density at radius 2 is 1.84 bits per heavy atom. The minimum absolute atomic E-state index is 0.0481. The Kier molecular flexibility index (Phi) is 8.29. The molecule has 0 aromatic heterocycles. The smallest absolute Gasteiger partial charge is 0.251 e. The zero-order chi connectivity index (χ0) is 23.1. The van der Waals surface area contributed by atoms with Crippen LogP contribution in [0.25, 0.3) is 0 Å². The molecule has 32 heavy (non-hydrogen) atoms. The fourth-order valence-electron chi connectivity index (χ4n) is 4.09. The molecule has 1 N–H and O–H groups in total. The second-order valence-electron chi connectivity index (χ2n) is 9.54. The molecule has 2 atom stereocenters. The monoisotopic (exact) mass is 439 g/mol. The van der Waals surface area contributed by atoms with Gasteiger partial charge in [0.15, 0.2) is 0 Å². The highest BCUT2D eigenvalue weighted by Crippen LogP contribution is 2.28. The molecule has 2 aromatic rings. The fourth-order valence-corrected chi connectivity index (χ4v) is 4.09. The van der Waals surface area contributed by atoms with Gasteiger partial charge >= 0.3 is 0 Å². The first-order chi connectivity index (χ1) is 15.3. The number of benzene rings is 2. The van der Waals surface area contributed by atoms with Crippen molar-refractivity contribution < 1.29 is 14.3 Å². The van der Waals surface area contributed by atoms with Gasteiger partial charge in [-0.15, -0.1) is 0 Å². The van der Waals surface area contributed by atoms with Crippen molar-refractivity contribution in [1.82, 2.24) is 10.2 Å². The predicted molar refractivity (Wildman–Crippen MR) is 129 cm³/mol. The van der Waals surface area contributed by atoms with Gasteiger partial charge in [-0.25, -0.2) is 0 Å². The number of nitrogens with one attached hydrogen (secondary N) is 1. The second-order valence-corrected chi connectivity index (χ2v) is 9.54. The van der Waals surface area contributed by atoms with Crippen molar-refractivity contribution in [3.8, 4) is 0 Å². The number of likely N-dealkylation sites (tertiary alicyclic amines) is 1. The van der Waals surface area contributed by atoms with Crippen LogP contribution in [0.4, 0.5) is 5.69 Å². The van der Waals surface area contributed by atoms with Crippen LogP contribution in [0.2, 0.25) is 0 Å². The van der Waals surface area contributed by atoms with E-state index in [4.69, 9.17) is 9.47 Å². The lowest BCUT2D eigenvalue weighted by atomic mass is 10.0. The van der Waals surface area contributed by atoms with Gasteiger partial charge in [0.05, 0.1) is 12.1 Å². The highest BCUT2D eigenvalue weighted by Gasteiger charge is 2.30. The van der Waals surface area contributed by atoms with Gasteiger partial charge in [0.2, 0.25) is 0 Å². The zero-order valence-corrected chi connectivity index (χ0v) is 20.0. The van der Waals surface area contributed by atoms with E-state index >= 15 is 0 Å². The minimum atomic E-state index is -0.254. The van der Waals surface area contributed by atoms with Crippen LogP contribution < -0.4 is 10.2 Å². The number of nitrogens with zero attached hydrogens (tertiary/aromatic N) is 2. The van der Waals surface area contributed by atoms with Crippen LogP contribution in [0.15, 0.2) is 54.6 Å². The van der Waals surface area contributed by atoms with E-state index in [0.717, 1.165) is 31.7 Å². The van der Waals surface area contributed by atoms with Crippen molar-refractivity contribution in [2.75, 3.05) is 45.5 Å². The summed E-state index contributed by atoms with van der Waals surface area (Å²) in [4.78, 5) is 17.2. The first-order valence-corrected chi connectivity index (χ1v) is 11.3. The summed E-state index contributed by atoms with van der Waals surface area (Å²) in [6.45, 7) is 9.02. The maximum Gasteiger partial charge on any atom is 0.251 e. The SMILES string of the molecule is COCO[C@H]1CCN([C@@H](CN(C)c2ccc(C(=O)NC(C)(C)C)cc2)c2ccccc2)C1. The third-order valence-electron chi connectivity index (χ3n) is 5.73. The molecule has 0 radical (unpaired) electrons. The molecule has 0 saturated carbocycles. The van der Waals surface area contributed by atoms with Crippen molar-refractivity contribution in [2.24, 2.45) is 0 Å². The number of anilines is 1. The molecule has 1 aliphatic heterocycles. The average molecular weight is 440 g/mol. The standard InChI is InChI=1S/C26H37N3O3/c1-26(2,3)27-25(30)21-11-13-22(14-12-21)28(4)18-24(20-9-7-6-8-10-20)29-16-15-23(17-29)32-19-31-5/h6-14,23-24H,15-19H2,1-5H3,(H,27,30)/t23-,24-/m0/s1. The van der Waals surface area contributed by atoms with E-state index in [-0.39, 0.29) is 23.6 Å².